The van der Waals surface area contributed by atoms with Crippen LogP contribution < -0.4 is 21.7 Å². The van der Waals surface area contributed by atoms with E-state index in [4.69, 9.17) is 62.6 Å². The van der Waals surface area contributed by atoms with E-state index < -0.39 is 46.9 Å². The molecule has 0 saturated carbocycles. The zero-order valence-electron chi connectivity index (χ0n) is 56.8. The second-order valence-electron chi connectivity index (χ2n) is 22.7. The average Bonchev–Trinajstić information content (AvgIpc) is 1.76. The van der Waals surface area contributed by atoms with Crippen LogP contribution in [0, 0.1) is 0 Å². The van der Waals surface area contributed by atoms with E-state index in [1.54, 1.807) is 0 Å². The number of rotatable bonds is 71. The quantitative estimate of drug-likeness (QED) is 0.0498. The summed E-state index contributed by atoms with van der Waals surface area (Å²) < 4.78 is 66.3. The molecular weight excluding hydrogens is 1230 g/mol. The van der Waals surface area contributed by atoms with Gasteiger partial charge in [0, 0.05) is 71.2 Å². The van der Waals surface area contributed by atoms with Crippen molar-refractivity contribution in [1.82, 2.24) is 25.8 Å². The SMILES string of the molecule is CCCCCCCCCCCC(=O)NC(CCCCCC(=O)CCOCCOCCOCCOCCOCCOCCOCCOCCOCCOCCOCCOCCCC(=O)CCN1C(=O)CC(SCC(=O)NC(CC(C)=O)C(=O)NCCN(C)C)C1=O)C(N)=O. The second-order valence-corrected chi connectivity index (χ2v) is 23.9. The summed E-state index contributed by atoms with van der Waals surface area (Å²) in [6.45, 7) is 14.5. The number of ether oxygens (including phenoxy) is 12. The second kappa shape index (κ2) is 62.7. The molecule has 0 aliphatic carbocycles. The number of carbonyl (C=O) groups excluding carboxylic acids is 9. The maximum absolute atomic E-state index is 12.9. The highest BCUT2D eigenvalue weighted by Crippen LogP contribution is 2.25. The Labute approximate surface area is 558 Å². The highest BCUT2D eigenvalue weighted by atomic mass is 32.2. The first-order valence-electron chi connectivity index (χ1n) is 33.9. The van der Waals surface area contributed by atoms with Crippen LogP contribution in [0.1, 0.15) is 149 Å². The number of carbonyl (C=O) groups is 9. The van der Waals surface area contributed by atoms with Gasteiger partial charge in [-0.15, -0.1) is 11.8 Å². The Kier molecular flexibility index (Phi) is 58.5. The molecule has 1 aliphatic rings. The third-order valence-electron chi connectivity index (χ3n) is 14.2. The lowest BCUT2D eigenvalue weighted by atomic mass is 10.0. The number of nitrogens with two attached hydrogens (primary N) is 1. The fraction of sp³-hybridized carbons (Fsp3) is 0.862. The average molecular weight is 1350 g/mol. The Morgan fingerprint density at radius 1 is 0.495 bits per heavy atom. The number of ketones is 3. The number of nitrogens with one attached hydrogen (secondary N) is 3. The summed E-state index contributed by atoms with van der Waals surface area (Å²) in [5.41, 5.74) is 5.54. The van der Waals surface area contributed by atoms with E-state index in [1.165, 1.54) is 45.4 Å². The van der Waals surface area contributed by atoms with Crippen LogP contribution in [-0.4, -0.2) is 278 Å². The van der Waals surface area contributed by atoms with Crippen LogP contribution in [0.5, 0.6) is 0 Å². The molecule has 6 amide bonds. The van der Waals surface area contributed by atoms with Crippen molar-refractivity contribution in [2.75, 3.05) is 198 Å². The van der Waals surface area contributed by atoms with Crippen molar-refractivity contribution >= 4 is 64.6 Å². The zero-order valence-corrected chi connectivity index (χ0v) is 57.7. The van der Waals surface area contributed by atoms with Crippen LogP contribution >= 0.6 is 11.8 Å². The van der Waals surface area contributed by atoms with E-state index in [9.17, 15) is 43.2 Å². The Balaban J connectivity index is 1.80. The molecule has 1 rings (SSSR count). The molecule has 1 fully saturated rings. The topological polar surface area (TPSA) is 333 Å². The molecule has 28 heteroatoms. The molecule has 3 unspecified atom stereocenters. The summed E-state index contributed by atoms with van der Waals surface area (Å²) in [6.07, 6.45) is 14.9. The minimum atomic E-state index is -1.04. The van der Waals surface area contributed by atoms with Gasteiger partial charge in [-0.1, -0.05) is 71.1 Å². The lowest BCUT2D eigenvalue weighted by Crippen LogP contribution is -2.49. The molecule has 0 radical (unpaired) electrons. The molecule has 0 aromatic heterocycles. The highest BCUT2D eigenvalue weighted by molar-refractivity contribution is 8.01. The Morgan fingerprint density at radius 2 is 0.892 bits per heavy atom. The highest BCUT2D eigenvalue weighted by Gasteiger charge is 2.39. The zero-order chi connectivity index (χ0) is 68.0. The summed E-state index contributed by atoms with van der Waals surface area (Å²) >= 11 is 0.984. The normalized spacial score (nSPS) is 13.9. The number of likely N-dealkylation sites (tertiary alicyclic amines) is 1. The number of imide groups is 1. The Bertz CT molecular complexity index is 1960. The summed E-state index contributed by atoms with van der Waals surface area (Å²) in [5.74, 6) is -2.95. The Morgan fingerprint density at radius 3 is 1.34 bits per heavy atom. The van der Waals surface area contributed by atoms with E-state index in [2.05, 4.69) is 22.9 Å². The smallest absolute Gasteiger partial charge is 0.243 e. The van der Waals surface area contributed by atoms with Crippen LogP contribution in [0.25, 0.3) is 0 Å². The first-order valence-corrected chi connectivity index (χ1v) is 34.9. The molecular formula is C65H118N6O21S. The molecule has 93 heavy (non-hydrogen) atoms. The predicted molar refractivity (Wildman–Crippen MR) is 351 cm³/mol. The van der Waals surface area contributed by atoms with Gasteiger partial charge in [0.15, 0.2) is 0 Å². The van der Waals surface area contributed by atoms with Crippen LogP contribution in [0.3, 0.4) is 0 Å². The van der Waals surface area contributed by atoms with E-state index in [0.717, 1.165) is 42.3 Å². The third-order valence-corrected chi connectivity index (χ3v) is 15.4. The monoisotopic (exact) mass is 1350 g/mol. The maximum Gasteiger partial charge on any atom is 0.243 e. The van der Waals surface area contributed by atoms with Gasteiger partial charge in [-0.05, 0) is 46.7 Å². The number of thioether (sulfide) groups is 1. The van der Waals surface area contributed by atoms with Gasteiger partial charge in [-0.3, -0.25) is 48.1 Å². The number of Topliss-reactive ketones (excluding diaryl/α,β-unsaturated/α-hetero) is 3. The number of hydrogen-bond donors (Lipinski definition) is 4. The Hall–Kier alpha value is -4.14. The molecule has 0 aromatic rings. The molecule has 1 aliphatic heterocycles. The van der Waals surface area contributed by atoms with E-state index >= 15 is 0 Å². The molecule has 1 saturated heterocycles. The molecule has 0 spiro atoms. The molecule has 27 nitrogen and oxygen atoms in total. The molecule has 1 heterocycles. The number of unbranched alkanes of at least 4 members (excludes halogenated alkanes) is 10. The van der Waals surface area contributed by atoms with Crippen LogP contribution in [-0.2, 0) is 100.0 Å². The van der Waals surface area contributed by atoms with Gasteiger partial charge in [-0.2, -0.15) is 0 Å². The predicted octanol–water partition coefficient (Wildman–Crippen LogP) is 3.73. The summed E-state index contributed by atoms with van der Waals surface area (Å²) in [5, 5.41) is 7.27. The summed E-state index contributed by atoms with van der Waals surface area (Å²) in [6, 6.07) is -1.71. The lowest BCUT2D eigenvalue weighted by Gasteiger charge is -2.19. The van der Waals surface area contributed by atoms with Gasteiger partial charge in [0.1, 0.15) is 29.4 Å². The number of nitrogens with zero attached hydrogens (tertiary/aromatic N) is 2. The van der Waals surface area contributed by atoms with Gasteiger partial charge >= 0.3 is 0 Å². The fourth-order valence-electron chi connectivity index (χ4n) is 9.01. The number of hydrogen-bond acceptors (Lipinski definition) is 23. The molecule has 0 bridgehead atoms. The van der Waals surface area contributed by atoms with Crippen molar-refractivity contribution in [3.8, 4) is 0 Å². The number of amides is 6. The van der Waals surface area contributed by atoms with Gasteiger partial charge in [-0.25, -0.2) is 0 Å². The van der Waals surface area contributed by atoms with Crippen molar-refractivity contribution in [3.05, 3.63) is 0 Å². The minimum absolute atomic E-state index is 0.0219. The number of likely N-dealkylation sites (N-methyl/N-ethyl adjacent to an activating group) is 1. The molecule has 5 N–H and O–H groups in total. The van der Waals surface area contributed by atoms with Crippen LogP contribution in [0.2, 0.25) is 0 Å². The van der Waals surface area contributed by atoms with Crippen LogP contribution in [0.4, 0.5) is 0 Å². The largest absolute Gasteiger partial charge is 0.379 e. The maximum atomic E-state index is 12.9. The van der Waals surface area contributed by atoms with Crippen molar-refractivity contribution in [2.24, 2.45) is 5.73 Å². The third kappa shape index (κ3) is 54.7. The van der Waals surface area contributed by atoms with E-state index in [-0.39, 0.29) is 61.2 Å². The van der Waals surface area contributed by atoms with Crippen molar-refractivity contribution in [2.45, 2.75) is 166 Å². The van der Waals surface area contributed by atoms with Crippen molar-refractivity contribution in [1.29, 1.82) is 0 Å². The number of primary amides is 1. The molecule has 0 aromatic carbocycles. The molecule has 540 valence electrons. The lowest BCUT2D eigenvalue weighted by molar-refractivity contribution is -0.138. The fourth-order valence-corrected chi connectivity index (χ4v) is 9.98. The van der Waals surface area contributed by atoms with E-state index in [0.29, 0.717) is 217 Å². The summed E-state index contributed by atoms with van der Waals surface area (Å²) in [4.78, 5) is 114. The minimum Gasteiger partial charge on any atom is -0.379 e. The standard InChI is InChI=1S/C65H118N6O21S/c1-5-6-7-8-9-10-11-12-16-21-60(75)68-57(63(66)78)20-15-13-14-18-56(74)23-28-82-30-32-84-34-36-86-38-40-88-42-44-90-46-48-92-50-49-91-47-45-89-43-41-87-39-37-85-35-33-83-31-29-81-27-17-19-55(73)22-25-71-62(77)52-59(65(71)80)93-53-61(76)69-58(51-54(2)72)64(79)67-24-26-70(3)4/h57-59H,5-53H2,1-4H3,(H2,66,78)(H,67,79)(H,68,75)(H,69,76). The first-order chi connectivity index (χ1) is 45.1. The van der Waals surface area contributed by atoms with Gasteiger partial charge in [0.05, 0.1) is 163 Å². The van der Waals surface area contributed by atoms with Crippen LogP contribution in [0.15, 0.2) is 0 Å². The molecule has 3 atom stereocenters. The van der Waals surface area contributed by atoms with Crippen molar-refractivity contribution < 1.29 is 100.0 Å². The van der Waals surface area contributed by atoms with Gasteiger partial charge in [0.2, 0.25) is 35.4 Å². The van der Waals surface area contributed by atoms with E-state index in [1.807, 2.05) is 19.0 Å². The van der Waals surface area contributed by atoms with Gasteiger partial charge < -0.3 is 83.4 Å². The van der Waals surface area contributed by atoms with Gasteiger partial charge in [0.25, 0.3) is 0 Å². The van der Waals surface area contributed by atoms with Crippen molar-refractivity contribution in [3.63, 3.8) is 0 Å². The first kappa shape index (κ1) is 86.9. The summed E-state index contributed by atoms with van der Waals surface area (Å²) in [7, 11) is 3.70.